The third kappa shape index (κ3) is 4.23. The second-order valence-electron chi connectivity index (χ2n) is 5.12. The lowest BCUT2D eigenvalue weighted by Crippen LogP contribution is -2.26. The first-order valence-corrected chi connectivity index (χ1v) is 7.77. The largest absolute Gasteiger partial charge is 0.494 e. The van der Waals surface area contributed by atoms with Gasteiger partial charge in [0.15, 0.2) is 0 Å². The third-order valence-corrected chi connectivity index (χ3v) is 3.76. The van der Waals surface area contributed by atoms with Gasteiger partial charge in [0.25, 0.3) is 11.6 Å². The molecule has 0 spiro atoms. The number of ether oxygens (including phenoxy) is 1. The van der Waals surface area contributed by atoms with E-state index in [0.717, 1.165) is 17.4 Å². The SMILES string of the molecule is CCOc1ccc([C@@H](C)NC(=O)c2ccc([N+](=O)[O-])cc2Cl)cc1. The van der Waals surface area contributed by atoms with E-state index in [2.05, 4.69) is 5.32 Å². The van der Waals surface area contributed by atoms with E-state index in [-0.39, 0.29) is 22.3 Å². The van der Waals surface area contributed by atoms with Gasteiger partial charge in [-0.15, -0.1) is 0 Å². The first kappa shape index (κ1) is 17.7. The summed E-state index contributed by atoms with van der Waals surface area (Å²) in [5.41, 5.74) is 0.945. The number of nitrogens with zero attached hydrogens (tertiary/aromatic N) is 1. The summed E-state index contributed by atoms with van der Waals surface area (Å²) >= 11 is 5.97. The highest BCUT2D eigenvalue weighted by atomic mass is 35.5. The van der Waals surface area contributed by atoms with Crippen LogP contribution in [0.15, 0.2) is 42.5 Å². The Morgan fingerprint density at radius 3 is 2.50 bits per heavy atom. The molecule has 0 aromatic heterocycles. The van der Waals surface area contributed by atoms with E-state index in [1.807, 2.05) is 38.1 Å². The summed E-state index contributed by atoms with van der Waals surface area (Å²) < 4.78 is 5.38. The lowest BCUT2D eigenvalue weighted by molar-refractivity contribution is -0.384. The van der Waals surface area contributed by atoms with Crippen molar-refractivity contribution in [1.82, 2.24) is 5.32 Å². The van der Waals surface area contributed by atoms with Crippen LogP contribution in [0.5, 0.6) is 5.75 Å². The van der Waals surface area contributed by atoms with Crippen molar-refractivity contribution in [3.63, 3.8) is 0 Å². The van der Waals surface area contributed by atoms with Gasteiger partial charge in [0.05, 0.1) is 28.2 Å². The molecule has 0 saturated carbocycles. The Labute approximate surface area is 144 Å². The Morgan fingerprint density at radius 1 is 1.29 bits per heavy atom. The molecule has 0 heterocycles. The molecule has 7 heteroatoms. The second kappa shape index (κ2) is 7.79. The standard InChI is InChI=1S/C17H17ClN2O4/c1-3-24-14-7-4-12(5-8-14)11(2)19-17(21)15-9-6-13(20(22)23)10-16(15)18/h4-11H,3H2,1-2H3,(H,19,21)/t11-/m1/s1. The highest BCUT2D eigenvalue weighted by molar-refractivity contribution is 6.34. The van der Waals surface area contributed by atoms with Crippen molar-refractivity contribution < 1.29 is 14.5 Å². The maximum Gasteiger partial charge on any atom is 0.270 e. The molecule has 2 rings (SSSR count). The minimum absolute atomic E-state index is 0.0422. The minimum atomic E-state index is -0.559. The highest BCUT2D eigenvalue weighted by Gasteiger charge is 2.17. The van der Waals surface area contributed by atoms with Gasteiger partial charge in [-0.1, -0.05) is 23.7 Å². The maximum absolute atomic E-state index is 12.3. The molecule has 2 aromatic carbocycles. The number of nitro groups is 1. The van der Waals surface area contributed by atoms with Crippen molar-refractivity contribution in [2.75, 3.05) is 6.61 Å². The van der Waals surface area contributed by atoms with Gasteiger partial charge in [0.1, 0.15) is 5.75 Å². The fraction of sp³-hybridized carbons (Fsp3) is 0.235. The van der Waals surface area contributed by atoms with Crippen LogP contribution in [0.2, 0.25) is 5.02 Å². The van der Waals surface area contributed by atoms with E-state index in [0.29, 0.717) is 6.61 Å². The van der Waals surface area contributed by atoms with Crippen molar-refractivity contribution in [3.8, 4) is 5.75 Å². The van der Waals surface area contributed by atoms with E-state index in [4.69, 9.17) is 16.3 Å². The van der Waals surface area contributed by atoms with Crippen LogP contribution in [-0.2, 0) is 0 Å². The topological polar surface area (TPSA) is 81.5 Å². The number of nitro benzene ring substituents is 1. The molecule has 1 atom stereocenters. The molecule has 0 bridgehead atoms. The van der Waals surface area contributed by atoms with Crippen LogP contribution in [-0.4, -0.2) is 17.4 Å². The number of halogens is 1. The summed E-state index contributed by atoms with van der Waals surface area (Å²) in [7, 11) is 0. The van der Waals surface area contributed by atoms with Crippen molar-refractivity contribution in [2.45, 2.75) is 19.9 Å². The van der Waals surface area contributed by atoms with Crippen molar-refractivity contribution in [2.24, 2.45) is 0 Å². The predicted octanol–water partition coefficient (Wildman–Crippen LogP) is 4.14. The van der Waals surface area contributed by atoms with E-state index in [9.17, 15) is 14.9 Å². The molecule has 0 saturated heterocycles. The summed E-state index contributed by atoms with van der Waals surface area (Å²) in [4.78, 5) is 22.5. The van der Waals surface area contributed by atoms with Gasteiger partial charge >= 0.3 is 0 Å². The number of amides is 1. The Hall–Kier alpha value is -2.60. The van der Waals surface area contributed by atoms with Gasteiger partial charge in [-0.2, -0.15) is 0 Å². The smallest absolute Gasteiger partial charge is 0.270 e. The zero-order chi connectivity index (χ0) is 17.7. The summed E-state index contributed by atoms with van der Waals surface area (Å²) in [5.74, 6) is 0.370. The Bertz CT molecular complexity index is 747. The molecule has 2 aromatic rings. The molecule has 0 aliphatic carbocycles. The normalized spacial score (nSPS) is 11.6. The lowest BCUT2D eigenvalue weighted by atomic mass is 10.1. The number of benzene rings is 2. The van der Waals surface area contributed by atoms with E-state index >= 15 is 0 Å². The highest BCUT2D eigenvalue weighted by Crippen LogP contribution is 2.24. The lowest BCUT2D eigenvalue weighted by Gasteiger charge is -2.15. The van der Waals surface area contributed by atoms with Gasteiger partial charge in [0, 0.05) is 12.1 Å². The Balaban J connectivity index is 2.09. The van der Waals surface area contributed by atoms with Crippen LogP contribution in [0.25, 0.3) is 0 Å². The van der Waals surface area contributed by atoms with Crippen LogP contribution in [0.1, 0.15) is 35.8 Å². The number of nitrogens with one attached hydrogen (secondary N) is 1. The molecule has 0 aliphatic rings. The number of rotatable bonds is 6. The van der Waals surface area contributed by atoms with Gasteiger partial charge in [0.2, 0.25) is 0 Å². The van der Waals surface area contributed by atoms with Crippen molar-refractivity contribution in [3.05, 3.63) is 68.7 Å². The van der Waals surface area contributed by atoms with Gasteiger partial charge < -0.3 is 10.1 Å². The molecule has 0 radical (unpaired) electrons. The molecular formula is C17H17ClN2O4. The fourth-order valence-electron chi connectivity index (χ4n) is 2.18. The molecule has 126 valence electrons. The quantitative estimate of drug-likeness (QED) is 0.628. The summed E-state index contributed by atoms with van der Waals surface area (Å²) in [6.45, 7) is 4.34. The average Bonchev–Trinajstić information content (AvgIpc) is 2.55. The fourth-order valence-corrected chi connectivity index (χ4v) is 2.44. The molecule has 6 nitrogen and oxygen atoms in total. The molecular weight excluding hydrogens is 332 g/mol. The van der Waals surface area contributed by atoms with Gasteiger partial charge in [-0.05, 0) is 37.6 Å². The van der Waals surface area contributed by atoms with E-state index in [1.54, 1.807) is 0 Å². The number of hydrogen-bond donors (Lipinski definition) is 1. The summed E-state index contributed by atoms with van der Waals surface area (Å²) in [6, 6.07) is 10.9. The molecule has 0 unspecified atom stereocenters. The van der Waals surface area contributed by atoms with E-state index in [1.165, 1.54) is 12.1 Å². The van der Waals surface area contributed by atoms with Gasteiger partial charge in [-0.25, -0.2) is 0 Å². The minimum Gasteiger partial charge on any atom is -0.494 e. The number of carbonyl (C=O) groups excluding carboxylic acids is 1. The number of hydrogen-bond acceptors (Lipinski definition) is 4. The third-order valence-electron chi connectivity index (χ3n) is 3.45. The van der Waals surface area contributed by atoms with Crippen molar-refractivity contribution >= 4 is 23.2 Å². The van der Waals surface area contributed by atoms with Crippen LogP contribution in [0.4, 0.5) is 5.69 Å². The monoisotopic (exact) mass is 348 g/mol. The van der Waals surface area contributed by atoms with E-state index < -0.39 is 10.8 Å². The molecule has 24 heavy (non-hydrogen) atoms. The molecule has 0 aliphatic heterocycles. The molecule has 0 fully saturated rings. The molecule has 1 N–H and O–H groups in total. The molecule has 1 amide bonds. The van der Waals surface area contributed by atoms with Crippen LogP contribution < -0.4 is 10.1 Å². The van der Waals surface area contributed by atoms with Crippen molar-refractivity contribution in [1.29, 1.82) is 0 Å². The van der Waals surface area contributed by atoms with Crippen LogP contribution >= 0.6 is 11.6 Å². The predicted molar refractivity (Wildman–Crippen MR) is 91.6 cm³/mol. The number of carbonyl (C=O) groups is 1. The number of non-ortho nitro benzene ring substituents is 1. The second-order valence-corrected chi connectivity index (χ2v) is 5.53. The van der Waals surface area contributed by atoms with Crippen LogP contribution in [0, 0.1) is 10.1 Å². The maximum atomic E-state index is 12.3. The average molecular weight is 349 g/mol. The summed E-state index contributed by atoms with van der Waals surface area (Å²) in [5, 5.41) is 13.6. The Morgan fingerprint density at radius 2 is 1.96 bits per heavy atom. The first-order chi connectivity index (χ1) is 11.4. The summed E-state index contributed by atoms with van der Waals surface area (Å²) in [6.07, 6.45) is 0. The zero-order valence-electron chi connectivity index (χ0n) is 13.3. The zero-order valence-corrected chi connectivity index (χ0v) is 14.0. The van der Waals surface area contributed by atoms with Crippen LogP contribution in [0.3, 0.4) is 0 Å². The first-order valence-electron chi connectivity index (χ1n) is 7.40. The Kier molecular flexibility index (Phi) is 5.76. The van der Waals surface area contributed by atoms with Gasteiger partial charge in [-0.3, -0.25) is 14.9 Å².